The molecule has 0 bridgehead atoms. The van der Waals surface area contributed by atoms with Crippen molar-refractivity contribution in [3.8, 4) is 0 Å². The topological polar surface area (TPSA) is 76.4 Å². The van der Waals surface area contributed by atoms with Crippen LogP contribution in [-0.2, 0) is 16.6 Å². The molecule has 0 saturated heterocycles. The molecule has 0 saturated carbocycles. The fourth-order valence-electron chi connectivity index (χ4n) is 2.12. The molecule has 6 nitrogen and oxygen atoms in total. The highest BCUT2D eigenvalue weighted by Gasteiger charge is 2.19. The molecule has 0 spiro atoms. The van der Waals surface area contributed by atoms with Crippen molar-refractivity contribution >= 4 is 27.0 Å². The third kappa shape index (κ3) is 2.69. The van der Waals surface area contributed by atoms with Crippen LogP contribution in [0.3, 0.4) is 0 Å². The summed E-state index contributed by atoms with van der Waals surface area (Å²) in [6.45, 7) is 3.79. The zero-order valence-electron chi connectivity index (χ0n) is 11.6. The smallest absolute Gasteiger partial charge is 0.242 e. The second-order valence-electron chi connectivity index (χ2n) is 4.65. The van der Waals surface area contributed by atoms with Crippen LogP contribution in [0, 0.1) is 13.8 Å². The maximum Gasteiger partial charge on any atom is 0.242 e. The third-order valence-corrected chi connectivity index (χ3v) is 5.71. The summed E-state index contributed by atoms with van der Waals surface area (Å²) in [4.78, 5) is 2.09. The zero-order chi connectivity index (χ0) is 15.0. The number of sulfonamides is 1. The fourth-order valence-corrected chi connectivity index (χ4v) is 4.66. The average molecular weight is 322 g/mol. The Morgan fingerprint density at radius 3 is 2.81 bits per heavy atom. The highest BCUT2D eigenvalue weighted by molar-refractivity contribution is 7.89. The number of aryl methyl sites for hydroxylation is 2. The Morgan fingerprint density at radius 1 is 1.29 bits per heavy atom. The molecule has 1 N–H and O–H groups in total. The third-order valence-electron chi connectivity index (χ3n) is 3.09. The van der Waals surface area contributed by atoms with Gasteiger partial charge in [0.25, 0.3) is 0 Å². The van der Waals surface area contributed by atoms with E-state index in [2.05, 4.69) is 14.9 Å². The summed E-state index contributed by atoms with van der Waals surface area (Å²) in [5, 5.41) is 8.00. The van der Waals surface area contributed by atoms with E-state index in [1.165, 1.54) is 11.3 Å². The number of nitrogens with one attached hydrogen (secondary N) is 1. The summed E-state index contributed by atoms with van der Waals surface area (Å²) in [5.74, 6) is 0.554. The molecular formula is C13H14N4O2S2. The van der Waals surface area contributed by atoms with E-state index >= 15 is 0 Å². The molecule has 0 atom stereocenters. The minimum Gasteiger partial charge on any atom is -0.285 e. The van der Waals surface area contributed by atoms with Gasteiger partial charge in [-0.05, 0) is 32.0 Å². The summed E-state index contributed by atoms with van der Waals surface area (Å²) in [6, 6.07) is 7.21. The minimum absolute atomic E-state index is 0.0991. The van der Waals surface area contributed by atoms with E-state index in [1.54, 1.807) is 23.6 Å². The summed E-state index contributed by atoms with van der Waals surface area (Å²) < 4.78 is 29.0. The first-order chi connectivity index (χ1) is 9.97. The number of hydrogen-bond acceptors (Lipinski definition) is 5. The van der Waals surface area contributed by atoms with E-state index in [4.69, 9.17) is 0 Å². The predicted molar refractivity (Wildman–Crippen MR) is 80.8 cm³/mol. The highest BCUT2D eigenvalue weighted by Crippen LogP contribution is 2.24. The molecule has 3 aromatic rings. The number of rotatable bonds is 4. The van der Waals surface area contributed by atoms with Crippen molar-refractivity contribution in [1.29, 1.82) is 0 Å². The minimum atomic E-state index is -3.54. The van der Waals surface area contributed by atoms with Crippen molar-refractivity contribution in [2.24, 2.45) is 0 Å². The Balaban J connectivity index is 1.85. The highest BCUT2D eigenvalue weighted by atomic mass is 32.2. The van der Waals surface area contributed by atoms with Crippen molar-refractivity contribution in [1.82, 2.24) is 19.3 Å². The van der Waals surface area contributed by atoms with E-state index in [-0.39, 0.29) is 6.54 Å². The number of aromatic nitrogens is 3. The van der Waals surface area contributed by atoms with Crippen LogP contribution in [0.1, 0.15) is 15.6 Å². The summed E-state index contributed by atoms with van der Waals surface area (Å²) in [7, 11) is -3.54. The van der Waals surface area contributed by atoms with Crippen molar-refractivity contribution in [3.63, 3.8) is 0 Å². The number of nitrogens with zero attached hydrogens (tertiary/aromatic N) is 3. The Hall–Kier alpha value is -1.77. The quantitative estimate of drug-likeness (QED) is 0.796. The van der Waals surface area contributed by atoms with Gasteiger partial charge in [0.05, 0.1) is 11.4 Å². The van der Waals surface area contributed by atoms with Gasteiger partial charge in [-0.15, -0.1) is 21.5 Å². The van der Waals surface area contributed by atoms with Gasteiger partial charge in [-0.2, -0.15) is 0 Å². The zero-order valence-corrected chi connectivity index (χ0v) is 13.2. The second kappa shape index (κ2) is 5.21. The van der Waals surface area contributed by atoms with Crippen LogP contribution in [0.2, 0.25) is 0 Å². The molecule has 0 radical (unpaired) electrons. The Bertz CT molecular complexity index is 896. The molecule has 0 aliphatic rings. The fraction of sp³-hybridized carbons (Fsp3) is 0.231. The van der Waals surface area contributed by atoms with Gasteiger partial charge >= 0.3 is 0 Å². The van der Waals surface area contributed by atoms with Crippen molar-refractivity contribution in [3.05, 3.63) is 46.0 Å². The average Bonchev–Trinajstić information content (AvgIpc) is 3.00. The van der Waals surface area contributed by atoms with Crippen molar-refractivity contribution in [2.45, 2.75) is 25.3 Å². The summed E-state index contributed by atoms with van der Waals surface area (Å²) in [6.07, 6.45) is 1.80. The molecule has 0 unspecified atom stereocenters. The lowest BCUT2D eigenvalue weighted by Crippen LogP contribution is -2.24. The summed E-state index contributed by atoms with van der Waals surface area (Å²) >= 11 is 1.47. The molecule has 8 heteroatoms. The molecular weight excluding hydrogens is 308 g/mol. The van der Waals surface area contributed by atoms with E-state index in [1.807, 2.05) is 25.1 Å². The van der Waals surface area contributed by atoms with Crippen LogP contribution < -0.4 is 4.72 Å². The van der Waals surface area contributed by atoms with Gasteiger partial charge in [0, 0.05) is 16.0 Å². The normalized spacial score (nSPS) is 12.1. The van der Waals surface area contributed by atoms with E-state index in [9.17, 15) is 8.42 Å². The number of fused-ring (bicyclic) bond motifs is 1. The van der Waals surface area contributed by atoms with Gasteiger partial charge in [0.1, 0.15) is 0 Å². The summed E-state index contributed by atoms with van der Waals surface area (Å²) in [5.41, 5.74) is 0.689. The van der Waals surface area contributed by atoms with Gasteiger partial charge < -0.3 is 0 Å². The number of hydrogen-bond donors (Lipinski definition) is 1. The first-order valence-corrected chi connectivity index (χ1v) is 8.63. The molecule has 0 amide bonds. The second-order valence-corrected chi connectivity index (χ2v) is 7.84. The Morgan fingerprint density at radius 2 is 2.10 bits per heavy atom. The Kier molecular flexibility index (Phi) is 3.52. The largest absolute Gasteiger partial charge is 0.285 e. The van der Waals surface area contributed by atoms with E-state index in [0.717, 1.165) is 9.75 Å². The lowest BCUT2D eigenvalue weighted by atomic mass is 10.4. The molecule has 0 aliphatic heterocycles. The molecule has 0 aromatic carbocycles. The number of pyridine rings is 1. The van der Waals surface area contributed by atoms with Gasteiger partial charge in [0.15, 0.2) is 11.5 Å². The SMILES string of the molecule is Cc1cc(S(=O)(=O)NCc2nnc3ccccn23)c(C)s1. The lowest BCUT2D eigenvalue weighted by molar-refractivity contribution is 0.578. The molecule has 0 aliphatic carbocycles. The van der Waals surface area contributed by atoms with Crippen LogP contribution in [0.5, 0.6) is 0 Å². The van der Waals surface area contributed by atoms with Gasteiger partial charge in [0.2, 0.25) is 10.0 Å². The molecule has 3 aromatic heterocycles. The standard InChI is InChI=1S/C13H14N4O2S2/c1-9-7-11(10(2)20-9)21(18,19)14-8-13-16-15-12-5-3-4-6-17(12)13/h3-7,14H,8H2,1-2H3. The monoisotopic (exact) mass is 322 g/mol. The molecule has 0 fully saturated rings. The Labute approximate surface area is 126 Å². The van der Waals surface area contributed by atoms with Crippen LogP contribution in [0.25, 0.3) is 5.65 Å². The van der Waals surface area contributed by atoms with Crippen molar-refractivity contribution < 1.29 is 8.42 Å². The van der Waals surface area contributed by atoms with Crippen LogP contribution in [0.4, 0.5) is 0 Å². The molecule has 21 heavy (non-hydrogen) atoms. The molecule has 110 valence electrons. The van der Waals surface area contributed by atoms with Gasteiger partial charge in [-0.25, -0.2) is 13.1 Å². The predicted octanol–water partition coefficient (Wildman–Crippen LogP) is 1.89. The van der Waals surface area contributed by atoms with Gasteiger partial charge in [-0.3, -0.25) is 4.40 Å². The van der Waals surface area contributed by atoms with Crippen LogP contribution in [-0.4, -0.2) is 23.0 Å². The maximum absolute atomic E-state index is 12.3. The van der Waals surface area contributed by atoms with Crippen LogP contribution in [0.15, 0.2) is 35.4 Å². The lowest BCUT2D eigenvalue weighted by Gasteiger charge is -2.05. The first kappa shape index (κ1) is 14.2. The van der Waals surface area contributed by atoms with Crippen LogP contribution >= 0.6 is 11.3 Å². The maximum atomic E-state index is 12.3. The van der Waals surface area contributed by atoms with Crippen molar-refractivity contribution in [2.75, 3.05) is 0 Å². The molecule has 3 rings (SSSR count). The van der Waals surface area contributed by atoms with E-state index < -0.39 is 10.0 Å². The van der Waals surface area contributed by atoms with E-state index in [0.29, 0.717) is 16.4 Å². The van der Waals surface area contributed by atoms with Gasteiger partial charge in [-0.1, -0.05) is 6.07 Å². The number of thiophene rings is 1. The first-order valence-electron chi connectivity index (χ1n) is 6.33. The molecule has 3 heterocycles.